The second kappa shape index (κ2) is 5.24. The number of aromatic nitrogens is 3. The Morgan fingerprint density at radius 3 is 2.65 bits per heavy atom. The molecule has 0 aliphatic heterocycles. The lowest BCUT2D eigenvalue weighted by atomic mass is 10.2. The van der Waals surface area contributed by atoms with Gasteiger partial charge < -0.3 is 5.11 Å². The molecule has 1 aliphatic carbocycles. The molecule has 2 aromatic rings. The lowest BCUT2D eigenvalue weighted by molar-refractivity contribution is -0.133. The molecule has 1 aromatic carbocycles. The van der Waals surface area contributed by atoms with Crippen molar-refractivity contribution in [3.8, 4) is 11.4 Å². The van der Waals surface area contributed by atoms with Crippen molar-refractivity contribution in [2.45, 2.75) is 24.0 Å². The Morgan fingerprint density at radius 1 is 1.35 bits per heavy atom. The summed E-state index contributed by atoms with van der Waals surface area (Å²) >= 11 is 1.16. The minimum Gasteiger partial charge on any atom is -0.481 e. The summed E-state index contributed by atoms with van der Waals surface area (Å²) in [4.78, 5) is 10.7. The van der Waals surface area contributed by atoms with E-state index in [9.17, 15) is 9.18 Å². The van der Waals surface area contributed by atoms with Gasteiger partial charge in [0.05, 0.1) is 5.75 Å². The van der Waals surface area contributed by atoms with E-state index in [1.165, 1.54) is 12.1 Å². The summed E-state index contributed by atoms with van der Waals surface area (Å²) in [5.74, 6) is -0.565. The van der Waals surface area contributed by atoms with Crippen molar-refractivity contribution in [3.63, 3.8) is 0 Å². The molecule has 0 bridgehead atoms. The zero-order valence-electron chi connectivity index (χ0n) is 10.5. The van der Waals surface area contributed by atoms with E-state index in [1.54, 1.807) is 12.1 Å². The van der Waals surface area contributed by atoms with Gasteiger partial charge in [-0.1, -0.05) is 11.8 Å². The molecule has 1 aromatic heterocycles. The van der Waals surface area contributed by atoms with Crippen LogP contribution in [0.4, 0.5) is 4.39 Å². The Labute approximate surface area is 118 Å². The topological polar surface area (TPSA) is 68.0 Å². The van der Waals surface area contributed by atoms with Gasteiger partial charge in [0.25, 0.3) is 0 Å². The summed E-state index contributed by atoms with van der Waals surface area (Å²) in [7, 11) is 0. The lowest BCUT2D eigenvalue weighted by Crippen LogP contribution is -2.03. The van der Waals surface area contributed by atoms with E-state index in [2.05, 4.69) is 10.2 Å². The van der Waals surface area contributed by atoms with Crippen LogP contribution in [0, 0.1) is 5.82 Å². The smallest absolute Gasteiger partial charge is 0.313 e. The van der Waals surface area contributed by atoms with Crippen LogP contribution in [0.15, 0.2) is 29.4 Å². The first-order valence-electron chi connectivity index (χ1n) is 6.20. The molecule has 0 amide bonds. The monoisotopic (exact) mass is 293 g/mol. The Morgan fingerprint density at radius 2 is 2.05 bits per heavy atom. The Kier molecular flexibility index (Phi) is 3.43. The minimum absolute atomic E-state index is 0.0474. The number of carboxylic acids is 1. The molecule has 0 radical (unpaired) electrons. The number of carbonyl (C=O) groups is 1. The number of hydrogen-bond donors (Lipinski definition) is 1. The largest absolute Gasteiger partial charge is 0.481 e. The van der Waals surface area contributed by atoms with Crippen molar-refractivity contribution in [1.29, 1.82) is 0 Å². The predicted molar refractivity (Wildman–Crippen MR) is 72.0 cm³/mol. The molecular formula is C13H12FN3O2S. The zero-order valence-corrected chi connectivity index (χ0v) is 11.3. The average molecular weight is 293 g/mol. The van der Waals surface area contributed by atoms with Gasteiger partial charge in [-0.15, -0.1) is 10.2 Å². The molecule has 5 nitrogen and oxygen atoms in total. The second-order valence-corrected chi connectivity index (χ2v) is 5.54. The van der Waals surface area contributed by atoms with Crippen LogP contribution >= 0.6 is 11.8 Å². The third-order valence-corrected chi connectivity index (χ3v) is 3.93. The van der Waals surface area contributed by atoms with E-state index in [4.69, 9.17) is 5.11 Å². The minimum atomic E-state index is -0.885. The van der Waals surface area contributed by atoms with Crippen molar-refractivity contribution in [1.82, 2.24) is 14.8 Å². The maximum absolute atomic E-state index is 13.0. The standard InChI is InChI=1S/C13H12FN3O2S/c14-9-3-1-8(2-4-9)12-15-16-13(20-7-11(18)19)17(12)10-5-6-10/h1-4,10H,5-7H2,(H,18,19). The van der Waals surface area contributed by atoms with Crippen LogP contribution in [0.1, 0.15) is 18.9 Å². The second-order valence-electron chi connectivity index (χ2n) is 4.60. The van der Waals surface area contributed by atoms with Crippen LogP contribution in [0.3, 0.4) is 0 Å². The van der Waals surface area contributed by atoms with Crippen molar-refractivity contribution in [2.75, 3.05) is 5.75 Å². The number of hydrogen-bond acceptors (Lipinski definition) is 4. The Hall–Kier alpha value is -1.89. The third-order valence-electron chi connectivity index (χ3n) is 3.00. The van der Waals surface area contributed by atoms with E-state index >= 15 is 0 Å². The van der Waals surface area contributed by atoms with Crippen molar-refractivity contribution in [3.05, 3.63) is 30.1 Å². The summed E-state index contributed by atoms with van der Waals surface area (Å²) in [6.07, 6.45) is 2.07. The molecule has 20 heavy (non-hydrogen) atoms. The number of rotatable bonds is 5. The van der Waals surface area contributed by atoms with E-state index in [0.717, 1.165) is 30.2 Å². The molecule has 1 N–H and O–H groups in total. The summed E-state index contributed by atoms with van der Waals surface area (Å²) < 4.78 is 14.9. The summed E-state index contributed by atoms with van der Waals surface area (Å²) in [5, 5.41) is 17.6. The normalized spacial score (nSPS) is 14.4. The average Bonchev–Trinajstić information content (AvgIpc) is 3.17. The molecule has 0 spiro atoms. The van der Waals surface area contributed by atoms with Crippen LogP contribution in [0.5, 0.6) is 0 Å². The highest BCUT2D eigenvalue weighted by Gasteiger charge is 2.30. The van der Waals surface area contributed by atoms with Crippen LogP contribution in [-0.4, -0.2) is 31.6 Å². The number of nitrogens with zero attached hydrogens (tertiary/aromatic N) is 3. The molecular weight excluding hydrogens is 281 g/mol. The quantitative estimate of drug-likeness (QED) is 0.858. The molecule has 1 saturated carbocycles. The molecule has 1 fully saturated rings. The Bertz CT molecular complexity index is 638. The Balaban J connectivity index is 1.94. The molecule has 1 heterocycles. The van der Waals surface area contributed by atoms with Gasteiger partial charge >= 0.3 is 5.97 Å². The summed E-state index contributed by atoms with van der Waals surface area (Å²) in [6.45, 7) is 0. The highest BCUT2D eigenvalue weighted by Crippen LogP contribution is 2.40. The van der Waals surface area contributed by atoms with Crippen molar-refractivity contribution in [2.24, 2.45) is 0 Å². The van der Waals surface area contributed by atoms with E-state index < -0.39 is 5.97 Å². The third kappa shape index (κ3) is 2.67. The van der Waals surface area contributed by atoms with Gasteiger partial charge in [0.1, 0.15) is 5.82 Å². The maximum Gasteiger partial charge on any atom is 0.313 e. The van der Waals surface area contributed by atoms with Crippen LogP contribution in [0.2, 0.25) is 0 Å². The number of aliphatic carboxylic acids is 1. The van der Waals surface area contributed by atoms with Gasteiger partial charge in [-0.05, 0) is 37.1 Å². The van der Waals surface area contributed by atoms with Gasteiger partial charge in [0, 0.05) is 11.6 Å². The highest BCUT2D eigenvalue weighted by molar-refractivity contribution is 7.99. The van der Waals surface area contributed by atoms with Gasteiger partial charge in [0.2, 0.25) is 0 Å². The fourth-order valence-corrected chi connectivity index (χ4v) is 2.69. The van der Waals surface area contributed by atoms with E-state index in [1.807, 2.05) is 4.57 Å². The molecule has 7 heteroatoms. The van der Waals surface area contributed by atoms with Gasteiger partial charge in [-0.25, -0.2) is 4.39 Å². The molecule has 1 aliphatic rings. The lowest BCUT2D eigenvalue weighted by Gasteiger charge is -2.08. The van der Waals surface area contributed by atoms with Crippen molar-refractivity contribution < 1.29 is 14.3 Å². The van der Waals surface area contributed by atoms with Crippen molar-refractivity contribution >= 4 is 17.7 Å². The number of thioether (sulfide) groups is 1. The number of carboxylic acid groups (broad SMARTS) is 1. The first-order chi connectivity index (χ1) is 9.65. The van der Waals surface area contributed by atoms with Gasteiger partial charge in [0.15, 0.2) is 11.0 Å². The highest BCUT2D eigenvalue weighted by atomic mass is 32.2. The predicted octanol–water partition coefficient (Wildman–Crippen LogP) is 2.60. The van der Waals surface area contributed by atoms with Gasteiger partial charge in [-0.3, -0.25) is 9.36 Å². The molecule has 0 atom stereocenters. The van der Waals surface area contributed by atoms with Gasteiger partial charge in [-0.2, -0.15) is 0 Å². The van der Waals surface area contributed by atoms with Crippen LogP contribution < -0.4 is 0 Å². The molecule has 3 rings (SSSR count). The number of halogens is 1. The summed E-state index contributed by atoms with van der Waals surface area (Å²) in [6, 6.07) is 6.39. The molecule has 104 valence electrons. The summed E-state index contributed by atoms with van der Waals surface area (Å²) in [5.41, 5.74) is 0.785. The maximum atomic E-state index is 13.0. The zero-order chi connectivity index (χ0) is 14.1. The van der Waals surface area contributed by atoms with Crippen LogP contribution in [-0.2, 0) is 4.79 Å². The number of benzene rings is 1. The fraction of sp³-hybridized carbons (Fsp3) is 0.308. The first kappa shape index (κ1) is 13.1. The van der Waals surface area contributed by atoms with E-state index in [0.29, 0.717) is 17.0 Å². The van der Waals surface area contributed by atoms with Crippen LogP contribution in [0.25, 0.3) is 11.4 Å². The molecule has 0 unspecified atom stereocenters. The first-order valence-corrected chi connectivity index (χ1v) is 7.19. The molecule has 0 saturated heterocycles. The SMILES string of the molecule is O=C(O)CSc1nnc(-c2ccc(F)cc2)n1C1CC1. The fourth-order valence-electron chi connectivity index (χ4n) is 1.96. The van der Waals surface area contributed by atoms with E-state index in [-0.39, 0.29) is 11.6 Å².